The van der Waals surface area contributed by atoms with E-state index in [-0.39, 0.29) is 24.1 Å². The van der Waals surface area contributed by atoms with Gasteiger partial charge in [-0.05, 0) is 63.5 Å². The van der Waals surface area contributed by atoms with E-state index in [0.29, 0.717) is 76.5 Å². The van der Waals surface area contributed by atoms with Crippen molar-refractivity contribution in [3.8, 4) is 6.07 Å². The van der Waals surface area contributed by atoms with Crippen molar-refractivity contribution in [1.29, 1.82) is 5.26 Å². The molecule has 3 aromatic rings. The van der Waals surface area contributed by atoms with Gasteiger partial charge in [-0.3, -0.25) is 9.36 Å². The number of imidazole rings is 1. The molecule has 2 atom stereocenters. The summed E-state index contributed by atoms with van der Waals surface area (Å²) in [6.45, 7) is 1.91. The van der Waals surface area contributed by atoms with E-state index in [0.717, 1.165) is 19.3 Å². The number of carbonyl (C=O) groups excluding carboxylic acids is 1. The van der Waals surface area contributed by atoms with Crippen molar-refractivity contribution in [2.24, 2.45) is 11.1 Å². The van der Waals surface area contributed by atoms with Gasteiger partial charge in [-0.1, -0.05) is 30.1 Å². The molecule has 200 valence electrons. The molecule has 1 aromatic carbocycles. The molecule has 0 aliphatic heterocycles. The van der Waals surface area contributed by atoms with Gasteiger partial charge in [0.1, 0.15) is 5.52 Å². The quantitative estimate of drug-likeness (QED) is 0.328. The number of rotatable bonds is 6. The van der Waals surface area contributed by atoms with Crippen LogP contribution in [0.3, 0.4) is 0 Å². The average Bonchev–Trinajstić information content (AvgIpc) is 3.23. The Balaban J connectivity index is 1.53. The fourth-order valence-corrected chi connectivity index (χ4v) is 6.07. The molecule has 0 radical (unpaired) electrons. The minimum atomic E-state index is -0.552. The van der Waals surface area contributed by atoms with Gasteiger partial charge in [-0.15, -0.1) is 0 Å². The van der Waals surface area contributed by atoms with Crippen LogP contribution in [0.25, 0.3) is 11.2 Å². The molecule has 38 heavy (non-hydrogen) atoms. The number of nitrogens with zero attached hydrogens (tertiary/aromatic N) is 5. The molecule has 2 fully saturated rings. The number of aromatic nitrogens is 4. The highest BCUT2D eigenvalue weighted by Gasteiger charge is 2.38. The maximum Gasteiger partial charge on any atom is 0.224 e. The van der Waals surface area contributed by atoms with Crippen LogP contribution in [0.2, 0.25) is 10.0 Å². The highest BCUT2D eigenvalue weighted by Crippen LogP contribution is 2.43. The van der Waals surface area contributed by atoms with E-state index in [4.69, 9.17) is 38.9 Å². The van der Waals surface area contributed by atoms with Gasteiger partial charge in [-0.2, -0.15) is 10.2 Å². The Kier molecular flexibility index (Phi) is 7.36. The molecule has 2 saturated carbocycles. The zero-order chi connectivity index (χ0) is 27.0. The molecule has 0 saturated heterocycles. The molecule has 2 aromatic heterocycles. The van der Waals surface area contributed by atoms with Crippen LogP contribution in [0.5, 0.6) is 0 Å². The topological polar surface area (TPSA) is 155 Å². The minimum absolute atomic E-state index is 0.00916. The molecular weight excluding hydrogens is 527 g/mol. The lowest BCUT2D eigenvalue weighted by Crippen LogP contribution is -2.38. The molecule has 1 amide bonds. The SMILES string of the molecule is CC1(C(N)=O)CCC(n2c(Nc3c(Cl)cc(C#N)cc3Cl)nc3cnc(N[C@@H]4CCC[C@H](O)C4)nc32)CC1. The molecule has 2 heterocycles. The first kappa shape index (κ1) is 26.5. The lowest BCUT2D eigenvalue weighted by atomic mass is 9.73. The summed E-state index contributed by atoms with van der Waals surface area (Å²) in [6, 6.07) is 5.22. The number of nitrogens with one attached hydrogen (secondary N) is 2. The largest absolute Gasteiger partial charge is 0.393 e. The van der Waals surface area contributed by atoms with Crippen molar-refractivity contribution in [3.63, 3.8) is 0 Å². The van der Waals surface area contributed by atoms with Crippen LogP contribution >= 0.6 is 23.2 Å². The number of aliphatic hydroxyl groups excluding tert-OH is 1. The third-order valence-corrected chi connectivity index (χ3v) is 8.44. The predicted octanol–water partition coefficient (Wildman–Crippen LogP) is 5.07. The second-order valence-corrected chi connectivity index (χ2v) is 11.4. The fourth-order valence-electron chi connectivity index (χ4n) is 5.49. The fraction of sp³-hybridized carbons (Fsp3) is 0.500. The standard InChI is InChI=1S/C26H30Cl2N8O2/c1-26(23(30)38)7-5-16(6-8-26)36-22-20(13-31-24(35-22)32-15-3-2-4-17(37)11-15)33-25(36)34-21-18(27)9-14(12-29)10-19(21)28/h9-10,13,15-17,37H,2-8,11H2,1H3,(H2,30,38)(H,33,34)(H,31,32,35)/t15-,16?,17+,26?/m1/s1. The van der Waals surface area contributed by atoms with E-state index in [9.17, 15) is 15.2 Å². The number of fused-ring (bicyclic) bond motifs is 1. The summed E-state index contributed by atoms with van der Waals surface area (Å²) in [5.74, 6) is 0.668. The van der Waals surface area contributed by atoms with E-state index in [1.54, 1.807) is 18.3 Å². The summed E-state index contributed by atoms with van der Waals surface area (Å²) in [5, 5.41) is 26.5. The highest BCUT2D eigenvalue weighted by atomic mass is 35.5. The Labute approximate surface area is 230 Å². The van der Waals surface area contributed by atoms with E-state index in [1.807, 2.05) is 17.6 Å². The van der Waals surface area contributed by atoms with Gasteiger partial charge in [0.05, 0.1) is 39.7 Å². The number of hydrogen-bond donors (Lipinski definition) is 4. The predicted molar refractivity (Wildman–Crippen MR) is 146 cm³/mol. The van der Waals surface area contributed by atoms with Gasteiger partial charge in [0.15, 0.2) is 5.65 Å². The van der Waals surface area contributed by atoms with Crippen LogP contribution in [0.4, 0.5) is 17.6 Å². The first-order valence-corrected chi connectivity index (χ1v) is 13.6. The Bertz CT molecular complexity index is 1390. The van der Waals surface area contributed by atoms with Crippen molar-refractivity contribution in [2.75, 3.05) is 10.6 Å². The first-order valence-electron chi connectivity index (χ1n) is 12.8. The summed E-state index contributed by atoms with van der Waals surface area (Å²) in [6.07, 6.45) is 7.38. The molecule has 5 N–H and O–H groups in total. The van der Waals surface area contributed by atoms with Crippen LogP contribution in [-0.4, -0.2) is 42.7 Å². The molecule has 0 unspecified atom stereocenters. The van der Waals surface area contributed by atoms with Crippen molar-refractivity contribution in [3.05, 3.63) is 33.9 Å². The maximum atomic E-state index is 12.1. The van der Waals surface area contributed by atoms with E-state index in [2.05, 4.69) is 15.6 Å². The number of aliphatic hydroxyl groups is 1. The number of carbonyl (C=O) groups is 1. The summed E-state index contributed by atoms with van der Waals surface area (Å²) in [4.78, 5) is 26.1. The number of nitriles is 1. The highest BCUT2D eigenvalue weighted by molar-refractivity contribution is 6.39. The summed E-state index contributed by atoms with van der Waals surface area (Å²) in [7, 11) is 0. The van der Waals surface area contributed by atoms with Gasteiger partial charge in [0.2, 0.25) is 17.8 Å². The number of benzene rings is 1. The van der Waals surface area contributed by atoms with Crippen molar-refractivity contribution in [2.45, 2.75) is 76.5 Å². The minimum Gasteiger partial charge on any atom is -0.393 e. The van der Waals surface area contributed by atoms with Gasteiger partial charge >= 0.3 is 0 Å². The molecular formula is C26H30Cl2N8O2. The van der Waals surface area contributed by atoms with Crippen LogP contribution in [0, 0.1) is 16.7 Å². The number of nitrogens with two attached hydrogens (primary N) is 1. The van der Waals surface area contributed by atoms with Gasteiger partial charge in [0, 0.05) is 17.5 Å². The van der Waals surface area contributed by atoms with Crippen LogP contribution in [0.15, 0.2) is 18.3 Å². The summed E-state index contributed by atoms with van der Waals surface area (Å²) in [5.41, 5.74) is 7.15. The third kappa shape index (κ3) is 5.23. The van der Waals surface area contributed by atoms with Crippen LogP contribution < -0.4 is 16.4 Å². The van der Waals surface area contributed by atoms with Crippen molar-refractivity contribution in [1.82, 2.24) is 19.5 Å². The number of amides is 1. The second-order valence-electron chi connectivity index (χ2n) is 10.6. The molecule has 0 spiro atoms. The smallest absolute Gasteiger partial charge is 0.224 e. The van der Waals surface area contributed by atoms with Gasteiger partial charge in [0.25, 0.3) is 0 Å². The monoisotopic (exact) mass is 556 g/mol. The summed E-state index contributed by atoms with van der Waals surface area (Å²) >= 11 is 12.9. The zero-order valence-corrected chi connectivity index (χ0v) is 22.6. The molecule has 0 bridgehead atoms. The molecule has 2 aliphatic carbocycles. The number of halogens is 2. The van der Waals surface area contributed by atoms with E-state index < -0.39 is 5.41 Å². The number of primary amides is 1. The lowest BCUT2D eigenvalue weighted by Gasteiger charge is -2.35. The Morgan fingerprint density at radius 1 is 1.21 bits per heavy atom. The van der Waals surface area contributed by atoms with Crippen LogP contribution in [0.1, 0.15) is 69.9 Å². The van der Waals surface area contributed by atoms with E-state index in [1.165, 1.54) is 0 Å². The third-order valence-electron chi connectivity index (χ3n) is 7.84. The van der Waals surface area contributed by atoms with Crippen molar-refractivity contribution >= 4 is 57.9 Å². The normalized spacial score (nSPS) is 25.6. The van der Waals surface area contributed by atoms with Crippen LogP contribution in [-0.2, 0) is 4.79 Å². The Morgan fingerprint density at radius 2 is 1.92 bits per heavy atom. The van der Waals surface area contributed by atoms with Gasteiger partial charge in [-0.25, -0.2) is 9.97 Å². The zero-order valence-electron chi connectivity index (χ0n) is 21.0. The second kappa shape index (κ2) is 10.6. The Morgan fingerprint density at radius 3 is 2.55 bits per heavy atom. The Hall–Kier alpha value is -3.13. The van der Waals surface area contributed by atoms with Gasteiger partial charge < -0.3 is 21.5 Å². The number of anilines is 3. The molecule has 12 heteroatoms. The number of hydrogen-bond acceptors (Lipinski definition) is 8. The molecule has 2 aliphatic rings. The maximum absolute atomic E-state index is 12.1. The average molecular weight is 557 g/mol. The lowest BCUT2D eigenvalue weighted by molar-refractivity contribution is -0.128. The molecule has 10 nitrogen and oxygen atoms in total. The first-order chi connectivity index (χ1) is 18.2. The molecule has 5 rings (SSSR count). The van der Waals surface area contributed by atoms with E-state index >= 15 is 0 Å². The summed E-state index contributed by atoms with van der Waals surface area (Å²) < 4.78 is 2.02. The van der Waals surface area contributed by atoms with Crippen molar-refractivity contribution < 1.29 is 9.90 Å².